The van der Waals surface area contributed by atoms with Crippen molar-refractivity contribution in [3.05, 3.63) is 88.0 Å². The molecule has 0 bridgehead atoms. The number of aryl methyl sites for hydroxylation is 2. The number of rotatable bonds is 8. The molecule has 2 aromatic carbocycles. The monoisotopic (exact) mass is 446 g/mol. The van der Waals surface area contributed by atoms with Crippen LogP contribution in [0.5, 0.6) is 0 Å². The van der Waals surface area contributed by atoms with Crippen molar-refractivity contribution in [3.63, 3.8) is 0 Å². The minimum atomic E-state index is 0.847. The van der Waals surface area contributed by atoms with Crippen molar-refractivity contribution in [1.82, 2.24) is 0 Å². The van der Waals surface area contributed by atoms with Crippen LogP contribution in [-0.4, -0.2) is 4.70 Å². The Morgan fingerprint density at radius 2 is 1.20 bits per heavy atom. The summed E-state index contributed by atoms with van der Waals surface area (Å²) in [5.41, 5.74) is 18.5. The second kappa shape index (κ2) is 12.7. The van der Waals surface area contributed by atoms with Gasteiger partial charge in [-0.25, -0.2) is 4.70 Å². The molecule has 1 aliphatic heterocycles. The molecule has 30 heavy (non-hydrogen) atoms. The van der Waals surface area contributed by atoms with Gasteiger partial charge in [-0.1, -0.05) is 51.0 Å². The van der Waals surface area contributed by atoms with Gasteiger partial charge in [0.1, 0.15) is 0 Å². The first-order chi connectivity index (χ1) is 14.5. The molecule has 0 N–H and O–H groups in total. The first-order valence-electron chi connectivity index (χ1n) is 10.9. The van der Waals surface area contributed by atoms with Crippen LogP contribution in [0.15, 0.2) is 60.2 Å². The molecule has 0 atom stereocenters. The van der Waals surface area contributed by atoms with Crippen LogP contribution in [-0.2, 0) is 27.3 Å². The molecule has 0 amide bonds. The second-order valence-electron chi connectivity index (χ2n) is 7.79. The van der Waals surface area contributed by atoms with Crippen LogP contribution in [0.25, 0.3) is 16.9 Å². The molecule has 0 unspecified atom stereocenters. The molecule has 0 aromatic heterocycles. The third-order valence-corrected chi connectivity index (χ3v) is 5.28. The van der Waals surface area contributed by atoms with E-state index in [-0.39, 0.29) is 0 Å². The van der Waals surface area contributed by atoms with Crippen LogP contribution in [0.4, 0.5) is 0 Å². The van der Waals surface area contributed by atoms with Crippen LogP contribution < -0.4 is 0 Å². The molecule has 3 rings (SSSR count). The maximum absolute atomic E-state index is 10.9. The summed E-state index contributed by atoms with van der Waals surface area (Å²) in [5, 5.41) is 0. The van der Waals surface area contributed by atoms with Gasteiger partial charge >= 0.3 is 26.2 Å². The average molecular weight is 447 g/mol. The van der Waals surface area contributed by atoms with Gasteiger partial charge in [-0.2, -0.15) is 0 Å². The topological polar surface area (TPSA) is 25.3 Å². The number of hydrogen-bond donors (Lipinski definition) is 0. The van der Waals surface area contributed by atoms with Crippen LogP contribution in [0.2, 0.25) is 11.8 Å². The number of unbranched alkanes of at least 4 members (excludes halogenated alkanes) is 2. The number of nitrogens with zero attached hydrogens (tertiary/aromatic N) is 2. The molecule has 0 fully saturated rings. The van der Waals surface area contributed by atoms with Crippen molar-refractivity contribution in [1.29, 1.82) is 0 Å². The zero-order valence-electron chi connectivity index (χ0n) is 19.1. The summed E-state index contributed by atoms with van der Waals surface area (Å²) in [6.07, 6.45) is 9.15. The van der Waals surface area contributed by atoms with Crippen molar-refractivity contribution in [2.24, 2.45) is 0 Å². The summed E-state index contributed by atoms with van der Waals surface area (Å²) in [7, 11) is 0. The maximum atomic E-state index is 10.9. The van der Waals surface area contributed by atoms with E-state index >= 15 is 0 Å². The van der Waals surface area contributed by atoms with Crippen LogP contribution in [0.1, 0.15) is 68.7 Å². The molecule has 0 saturated carbocycles. The molecule has 3 heteroatoms. The summed E-state index contributed by atoms with van der Waals surface area (Å²) in [6, 6.07) is 17.2. The summed E-state index contributed by atoms with van der Waals surface area (Å²) >= 11 is 1.62. The molecule has 0 saturated heterocycles. The van der Waals surface area contributed by atoms with Gasteiger partial charge in [-0.15, -0.1) is 0 Å². The van der Waals surface area contributed by atoms with Crippen molar-refractivity contribution in [2.75, 3.05) is 0 Å². The van der Waals surface area contributed by atoms with Crippen molar-refractivity contribution in [2.45, 2.75) is 71.1 Å². The van der Waals surface area contributed by atoms with E-state index in [9.17, 15) is 5.53 Å². The zero-order valence-corrected chi connectivity index (χ0v) is 20.1. The fraction of sp³-hybridized carbons (Fsp3) is 0.407. The Hall–Kier alpha value is -1.99. The Balaban J connectivity index is 0.00000101. The van der Waals surface area contributed by atoms with Gasteiger partial charge < -0.3 is 5.53 Å². The zero-order chi connectivity index (χ0) is 21.9. The van der Waals surface area contributed by atoms with Gasteiger partial charge in [0.2, 0.25) is 11.4 Å². The summed E-state index contributed by atoms with van der Waals surface area (Å²) in [5.74, 6) is 4.12. The van der Waals surface area contributed by atoms with Gasteiger partial charge in [0, 0.05) is 22.8 Å². The normalized spacial score (nSPS) is 13.4. The predicted molar refractivity (Wildman–Crippen MR) is 126 cm³/mol. The number of allylic oxidation sites excluding steroid dienone is 2. The predicted octanol–water partition coefficient (Wildman–Crippen LogP) is 8.36. The van der Waals surface area contributed by atoms with E-state index in [2.05, 4.69) is 87.2 Å². The van der Waals surface area contributed by atoms with E-state index in [1.54, 1.807) is 14.4 Å². The molecule has 1 heterocycles. The van der Waals surface area contributed by atoms with E-state index in [4.69, 9.17) is 0 Å². The molecule has 164 valence electrons. The van der Waals surface area contributed by atoms with E-state index in [1.807, 2.05) is 0 Å². The number of benzene rings is 2. The standard InChI is InChI=1S/C25H30N2.2CH3.Ni/c1-4-6-8-20-10-14-22(15-11-20)24-18-19(3)25(27(24)26)23-16-12-21(13-17-23)9-7-5-2;;;/h10-18H,4-9H2,1-3H3;2*1H3;. The van der Waals surface area contributed by atoms with Crippen LogP contribution >= 0.6 is 0 Å². The van der Waals surface area contributed by atoms with Gasteiger partial charge in [0.25, 0.3) is 0 Å². The van der Waals surface area contributed by atoms with Crippen molar-refractivity contribution >= 4 is 11.4 Å². The summed E-state index contributed by atoms with van der Waals surface area (Å²) in [4.78, 5) is 0. The van der Waals surface area contributed by atoms with Gasteiger partial charge in [-0.3, -0.25) is 0 Å². The molecular formula is C27H36N2Ni. The van der Waals surface area contributed by atoms with E-state index in [0.717, 1.165) is 40.9 Å². The SMILES string of the molecule is CCCCc1ccc(C2=CC(C)=C(c3ccc(CCCC)cc3)[N+]2=[N-])cc1.[CH3][Ni][CH3]. The van der Waals surface area contributed by atoms with E-state index < -0.39 is 0 Å². The molecular weight excluding hydrogens is 411 g/mol. The summed E-state index contributed by atoms with van der Waals surface area (Å²) < 4.78 is 1.34. The average Bonchev–Trinajstić information content (AvgIpc) is 3.06. The van der Waals surface area contributed by atoms with E-state index in [1.165, 1.54) is 41.5 Å². The van der Waals surface area contributed by atoms with Gasteiger partial charge in [0.15, 0.2) is 0 Å². The molecule has 2 aromatic rings. The Morgan fingerprint density at radius 1 is 0.767 bits per heavy atom. The first-order valence-corrected chi connectivity index (χ1v) is 12.8. The van der Waals surface area contributed by atoms with Gasteiger partial charge in [0.05, 0.1) is 0 Å². The first kappa shape index (κ1) is 24.3. The molecule has 0 aliphatic carbocycles. The Labute approximate surface area is 189 Å². The van der Waals surface area contributed by atoms with Crippen molar-refractivity contribution < 1.29 is 19.1 Å². The Morgan fingerprint density at radius 3 is 1.63 bits per heavy atom. The quantitative estimate of drug-likeness (QED) is 0.287. The summed E-state index contributed by atoms with van der Waals surface area (Å²) in [6.45, 7) is 6.49. The third kappa shape index (κ3) is 6.51. The van der Waals surface area contributed by atoms with Gasteiger partial charge in [-0.05, 0) is 68.0 Å². The fourth-order valence-electron chi connectivity index (χ4n) is 3.61. The molecule has 2 nitrogen and oxygen atoms in total. The molecule has 1 aliphatic rings. The van der Waals surface area contributed by atoms with E-state index in [0.29, 0.717) is 0 Å². The Bertz CT molecular complexity index is 874. The van der Waals surface area contributed by atoms with Crippen molar-refractivity contribution in [3.8, 4) is 0 Å². The Kier molecular flexibility index (Phi) is 10.2. The second-order valence-corrected chi connectivity index (χ2v) is 8.78. The third-order valence-electron chi connectivity index (χ3n) is 5.28. The van der Waals surface area contributed by atoms with Crippen LogP contribution in [0, 0.1) is 0 Å². The van der Waals surface area contributed by atoms with Crippen LogP contribution in [0.3, 0.4) is 0 Å². The fourth-order valence-corrected chi connectivity index (χ4v) is 3.61. The minimum absolute atomic E-state index is 0.847. The molecule has 0 spiro atoms. The molecule has 0 radical (unpaired) electrons. The number of hydrogen-bond acceptors (Lipinski definition) is 0.